The first-order valence-corrected chi connectivity index (χ1v) is 10.9. The number of anilines is 1. The van der Waals surface area contributed by atoms with Crippen LogP contribution >= 0.6 is 11.8 Å². The normalized spacial score (nSPS) is 18.2. The zero-order chi connectivity index (χ0) is 23.4. The minimum absolute atomic E-state index is 0.0920. The van der Waals surface area contributed by atoms with Crippen molar-refractivity contribution in [2.24, 2.45) is 5.10 Å². The van der Waals surface area contributed by atoms with E-state index in [1.54, 1.807) is 24.3 Å². The van der Waals surface area contributed by atoms with Crippen LogP contribution in [0.25, 0.3) is 6.08 Å². The molecule has 0 spiro atoms. The van der Waals surface area contributed by atoms with Crippen LogP contribution in [0.1, 0.15) is 11.1 Å². The standard InChI is InChI=1S/C22H19FN4O5S/c23-18-9-14(4-7-17(18)21-26-25-20(30)12-33-21)27-11-16(32-22(27)31)10-24-19(29)8-3-13-1-5-15(28)6-2-13/h1-9,16,28H,10-12H2,(H,24,29)(H,25,30)/b8-3-. The Balaban J connectivity index is 1.33. The third-order valence-corrected chi connectivity index (χ3v) is 5.81. The molecule has 4 rings (SSSR count). The highest BCUT2D eigenvalue weighted by atomic mass is 32.2. The molecule has 11 heteroatoms. The quantitative estimate of drug-likeness (QED) is 0.557. The van der Waals surface area contributed by atoms with Crippen molar-refractivity contribution in [2.75, 3.05) is 23.7 Å². The van der Waals surface area contributed by atoms with E-state index in [1.165, 1.54) is 35.2 Å². The molecule has 0 bridgehead atoms. The maximum absolute atomic E-state index is 14.6. The molecule has 0 radical (unpaired) electrons. The van der Waals surface area contributed by atoms with Gasteiger partial charge in [0.15, 0.2) is 0 Å². The Hall–Kier alpha value is -3.86. The Kier molecular flexibility index (Phi) is 6.59. The van der Waals surface area contributed by atoms with Gasteiger partial charge in [-0.25, -0.2) is 14.6 Å². The number of benzene rings is 2. The number of hydrogen-bond donors (Lipinski definition) is 3. The summed E-state index contributed by atoms with van der Waals surface area (Å²) < 4.78 is 19.9. The lowest BCUT2D eigenvalue weighted by Crippen LogP contribution is -2.33. The first kappa shape index (κ1) is 22.3. The SMILES string of the molecule is O=C(/C=C\c1ccc(O)cc1)NCC1CN(c2ccc(C3=NNC(=O)CS3)c(F)c2)C(=O)O1. The molecule has 2 heterocycles. The molecule has 2 aliphatic heterocycles. The number of amides is 3. The number of halogens is 1. The molecule has 2 aromatic rings. The van der Waals surface area contributed by atoms with Crippen molar-refractivity contribution in [1.29, 1.82) is 0 Å². The number of aromatic hydroxyl groups is 1. The highest BCUT2D eigenvalue weighted by Crippen LogP contribution is 2.26. The lowest BCUT2D eigenvalue weighted by molar-refractivity contribution is -0.118. The van der Waals surface area contributed by atoms with Gasteiger partial charge in [-0.05, 0) is 42.0 Å². The van der Waals surface area contributed by atoms with E-state index < -0.39 is 18.0 Å². The number of thioether (sulfide) groups is 1. The molecule has 33 heavy (non-hydrogen) atoms. The lowest BCUT2D eigenvalue weighted by Gasteiger charge is -2.16. The summed E-state index contributed by atoms with van der Waals surface area (Å²) in [5.41, 5.74) is 3.59. The fourth-order valence-electron chi connectivity index (χ4n) is 3.16. The largest absolute Gasteiger partial charge is 0.508 e. The predicted molar refractivity (Wildman–Crippen MR) is 121 cm³/mol. The zero-order valence-corrected chi connectivity index (χ0v) is 18.0. The van der Waals surface area contributed by atoms with Crippen LogP contribution < -0.4 is 15.6 Å². The first-order valence-electron chi connectivity index (χ1n) is 9.91. The second kappa shape index (κ2) is 9.74. The number of nitrogens with one attached hydrogen (secondary N) is 2. The van der Waals surface area contributed by atoms with Gasteiger partial charge in [0.2, 0.25) is 5.91 Å². The molecular formula is C22H19FN4O5S. The van der Waals surface area contributed by atoms with Gasteiger partial charge in [-0.2, -0.15) is 5.10 Å². The van der Waals surface area contributed by atoms with Gasteiger partial charge >= 0.3 is 6.09 Å². The van der Waals surface area contributed by atoms with Crippen molar-refractivity contribution in [1.82, 2.24) is 10.7 Å². The molecule has 1 atom stereocenters. The number of phenols is 1. The van der Waals surface area contributed by atoms with Gasteiger partial charge in [0.1, 0.15) is 22.7 Å². The third-order valence-electron chi connectivity index (χ3n) is 4.82. The van der Waals surface area contributed by atoms with Crippen LogP contribution in [-0.4, -0.2) is 53.0 Å². The smallest absolute Gasteiger partial charge is 0.414 e. The summed E-state index contributed by atoms with van der Waals surface area (Å²) in [7, 11) is 0. The third kappa shape index (κ3) is 5.50. The van der Waals surface area contributed by atoms with Crippen LogP contribution in [0.2, 0.25) is 0 Å². The van der Waals surface area contributed by atoms with Crippen LogP contribution in [0.4, 0.5) is 14.9 Å². The molecule has 1 fully saturated rings. The summed E-state index contributed by atoms with van der Waals surface area (Å²) >= 11 is 1.13. The maximum Gasteiger partial charge on any atom is 0.414 e. The number of carbonyl (C=O) groups excluding carboxylic acids is 3. The Morgan fingerprint density at radius 3 is 2.79 bits per heavy atom. The molecule has 1 saturated heterocycles. The topological polar surface area (TPSA) is 120 Å². The Labute approximate surface area is 192 Å². The Morgan fingerprint density at radius 1 is 1.30 bits per heavy atom. The Morgan fingerprint density at radius 2 is 2.09 bits per heavy atom. The van der Waals surface area contributed by atoms with E-state index in [0.29, 0.717) is 10.7 Å². The van der Waals surface area contributed by atoms with Gasteiger partial charge in [-0.3, -0.25) is 14.5 Å². The molecule has 0 aliphatic carbocycles. The minimum Gasteiger partial charge on any atom is -0.508 e. The van der Waals surface area contributed by atoms with Crippen LogP contribution in [0, 0.1) is 5.82 Å². The second-order valence-electron chi connectivity index (χ2n) is 7.19. The van der Waals surface area contributed by atoms with Crippen molar-refractivity contribution >= 4 is 46.5 Å². The molecular weight excluding hydrogens is 451 g/mol. The van der Waals surface area contributed by atoms with Gasteiger partial charge in [-0.1, -0.05) is 23.9 Å². The molecule has 0 saturated carbocycles. The Bertz CT molecular complexity index is 1150. The summed E-state index contributed by atoms with van der Waals surface area (Å²) in [6.45, 7) is 0.236. The predicted octanol–water partition coefficient (Wildman–Crippen LogP) is 2.21. The summed E-state index contributed by atoms with van der Waals surface area (Å²) in [4.78, 5) is 36.8. The van der Waals surface area contributed by atoms with E-state index >= 15 is 0 Å². The number of hydrazone groups is 1. The van der Waals surface area contributed by atoms with E-state index in [4.69, 9.17) is 4.74 Å². The second-order valence-corrected chi connectivity index (χ2v) is 8.16. The van der Waals surface area contributed by atoms with Crippen molar-refractivity contribution < 1.29 is 28.6 Å². The van der Waals surface area contributed by atoms with Crippen molar-refractivity contribution in [2.45, 2.75) is 6.10 Å². The maximum atomic E-state index is 14.6. The fourth-order valence-corrected chi connectivity index (χ4v) is 3.93. The van der Waals surface area contributed by atoms with Gasteiger partial charge < -0.3 is 15.2 Å². The van der Waals surface area contributed by atoms with Crippen molar-refractivity contribution in [3.63, 3.8) is 0 Å². The van der Waals surface area contributed by atoms with Gasteiger partial charge in [0.25, 0.3) is 5.91 Å². The van der Waals surface area contributed by atoms with Crippen molar-refractivity contribution in [3.8, 4) is 5.75 Å². The monoisotopic (exact) mass is 470 g/mol. The summed E-state index contributed by atoms with van der Waals surface area (Å²) in [6.07, 6.45) is 1.69. The molecule has 2 aromatic carbocycles. The van der Waals surface area contributed by atoms with E-state index in [0.717, 1.165) is 17.3 Å². The van der Waals surface area contributed by atoms with Crippen LogP contribution in [0.15, 0.2) is 53.6 Å². The van der Waals surface area contributed by atoms with Crippen LogP contribution in [0.3, 0.4) is 0 Å². The number of hydrogen-bond acceptors (Lipinski definition) is 7. The summed E-state index contributed by atoms with van der Waals surface area (Å²) in [5, 5.41) is 16.1. The van der Waals surface area contributed by atoms with Crippen molar-refractivity contribution in [3.05, 3.63) is 65.5 Å². The van der Waals surface area contributed by atoms with Gasteiger partial charge in [0, 0.05) is 11.6 Å². The molecule has 3 N–H and O–H groups in total. The number of rotatable bonds is 6. The highest BCUT2D eigenvalue weighted by molar-refractivity contribution is 8.15. The number of nitrogens with zero attached hydrogens (tertiary/aromatic N) is 2. The number of ether oxygens (including phenoxy) is 1. The molecule has 2 aliphatic rings. The number of carbonyl (C=O) groups is 3. The zero-order valence-electron chi connectivity index (χ0n) is 17.2. The minimum atomic E-state index is -0.641. The molecule has 170 valence electrons. The van der Waals surface area contributed by atoms with E-state index in [-0.39, 0.29) is 42.0 Å². The molecule has 1 unspecified atom stereocenters. The first-order chi connectivity index (χ1) is 15.9. The molecule has 9 nitrogen and oxygen atoms in total. The van der Waals surface area contributed by atoms with Crippen LogP contribution in [0.5, 0.6) is 5.75 Å². The number of phenolic OH excluding ortho intramolecular Hbond substituents is 1. The summed E-state index contributed by atoms with van der Waals surface area (Å²) in [5.74, 6) is -0.927. The highest BCUT2D eigenvalue weighted by Gasteiger charge is 2.33. The lowest BCUT2D eigenvalue weighted by atomic mass is 10.2. The van der Waals surface area contributed by atoms with E-state index in [1.807, 2.05) is 0 Å². The molecule has 0 aromatic heterocycles. The number of cyclic esters (lactones) is 1. The van der Waals surface area contributed by atoms with Gasteiger partial charge in [0.05, 0.1) is 24.5 Å². The average molecular weight is 470 g/mol. The van der Waals surface area contributed by atoms with Crippen LogP contribution in [-0.2, 0) is 14.3 Å². The van der Waals surface area contributed by atoms with Gasteiger partial charge in [-0.15, -0.1) is 0 Å². The van der Waals surface area contributed by atoms with E-state index in [9.17, 15) is 23.9 Å². The molecule has 3 amide bonds. The average Bonchev–Trinajstić information content (AvgIpc) is 3.18. The summed E-state index contributed by atoms with van der Waals surface area (Å²) in [6, 6.07) is 10.6. The van der Waals surface area contributed by atoms with E-state index in [2.05, 4.69) is 15.8 Å². The fraction of sp³-hybridized carbons (Fsp3) is 0.182.